The predicted octanol–water partition coefficient (Wildman–Crippen LogP) is 1.72. The molecule has 2 aromatic carbocycles. The van der Waals surface area contributed by atoms with Crippen LogP contribution in [0.1, 0.15) is 22.3 Å². The molecular weight excluding hydrogens is 374 g/mol. The molecule has 3 amide bonds. The third-order valence-electron chi connectivity index (χ3n) is 4.05. The second-order valence-electron chi connectivity index (χ2n) is 6.13. The molecular formula is C21H25N3O5. The molecule has 8 nitrogen and oxygen atoms in total. The Balaban J connectivity index is 1.95. The highest BCUT2D eigenvalue weighted by Crippen LogP contribution is 2.16. The second kappa shape index (κ2) is 11.5. The number of para-hydroxylation sites is 1. The lowest BCUT2D eigenvalue weighted by atomic mass is 10.1. The summed E-state index contributed by atoms with van der Waals surface area (Å²) in [5, 5.41) is 7.78. The van der Waals surface area contributed by atoms with Crippen LogP contribution < -0.4 is 20.7 Å². The summed E-state index contributed by atoms with van der Waals surface area (Å²) in [6.07, 6.45) is 0.597. The van der Waals surface area contributed by atoms with Crippen LogP contribution in [0.4, 0.5) is 5.69 Å². The molecule has 0 unspecified atom stereocenters. The lowest BCUT2D eigenvalue weighted by Crippen LogP contribution is -2.36. The SMILES string of the molecule is COCCCNC(=O)C(=O)Nc1ccccc1C(=O)NCc1ccc(OC)cc1. The maximum atomic E-state index is 12.6. The van der Waals surface area contributed by atoms with Gasteiger partial charge in [-0.1, -0.05) is 24.3 Å². The standard InChI is InChI=1S/C21H25N3O5/c1-28-13-5-12-22-20(26)21(27)24-18-7-4-3-6-17(18)19(25)23-14-15-8-10-16(29-2)11-9-15/h3-4,6-11H,5,12-14H2,1-2H3,(H,22,26)(H,23,25)(H,24,27). The summed E-state index contributed by atoms with van der Waals surface area (Å²) in [5.74, 6) is -1.24. The van der Waals surface area contributed by atoms with Crippen molar-refractivity contribution >= 4 is 23.4 Å². The van der Waals surface area contributed by atoms with Crippen molar-refractivity contribution in [2.75, 3.05) is 32.7 Å². The fourth-order valence-electron chi connectivity index (χ4n) is 2.49. The summed E-state index contributed by atoms with van der Waals surface area (Å²) in [6.45, 7) is 1.12. The molecule has 0 saturated heterocycles. The second-order valence-corrected chi connectivity index (χ2v) is 6.13. The van der Waals surface area contributed by atoms with Gasteiger partial charge in [-0.15, -0.1) is 0 Å². The van der Waals surface area contributed by atoms with E-state index in [-0.39, 0.29) is 17.2 Å². The minimum atomic E-state index is -0.835. The number of carbonyl (C=O) groups excluding carboxylic acids is 3. The molecule has 8 heteroatoms. The van der Waals surface area contributed by atoms with Crippen LogP contribution in [0.25, 0.3) is 0 Å². The van der Waals surface area contributed by atoms with Crippen LogP contribution in [0.5, 0.6) is 5.75 Å². The predicted molar refractivity (Wildman–Crippen MR) is 109 cm³/mol. The molecule has 0 radical (unpaired) electrons. The smallest absolute Gasteiger partial charge is 0.313 e. The molecule has 0 saturated carbocycles. The van der Waals surface area contributed by atoms with Crippen LogP contribution in [0.2, 0.25) is 0 Å². The Bertz CT molecular complexity index is 836. The average Bonchev–Trinajstić information content (AvgIpc) is 2.75. The van der Waals surface area contributed by atoms with Gasteiger partial charge in [-0.3, -0.25) is 14.4 Å². The topological polar surface area (TPSA) is 106 Å². The lowest BCUT2D eigenvalue weighted by molar-refractivity contribution is -0.136. The third kappa shape index (κ3) is 6.93. The van der Waals surface area contributed by atoms with Crippen molar-refractivity contribution in [3.8, 4) is 5.75 Å². The third-order valence-corrected chi connectivity index (χ3v) is 4.05. The number of benzene rings is 2. The number of anilines is 1. The van der Waals surface area contributed by atoms with Gasteiger partial charge >= 0.3 is 11.8 Å². The highest BCUT2D eigenvalue weighted by atomic mass is 16.5. The van der Waals surface area contributed by atoms with Crippen molar-refractivity contribution in [1.29, 1.82) is 0 Å². The first-order valence-corrected chi connectivity index (χ1v) is 9.13. The van der Waals surface area contributed by atoms with E-state index in [1.807, 2.05) is 12.1 Å². The highest BCUT2D eigenvalue weighted by molar-refractivity contribution is 6.40. The van der Waals surface area contributed by atoms with E-state index < -0.39 is 11.8 Å². The molecule has 29 heavy (non-hydrogen) atoms. The van der Waals surface area contributed by atoms with Gasteiger partial charge in [-0.2, -0.15) is 0 Å². The van der Waals surface area contributed by atoms with Crippen LogP contribution in [-0.2, 0) is 20.9 Å². The molecule has 0 spiro atoms. The number of hydrogen-bond acceptors (Lipinski definition) is 5. The molecule has 154 valence electrons. The number of methoxy groups -OCH3 is 2. The Morgan fingerprint density at radius 3 is 2.31 bits per heavy atom. The van der Waals surface area contributed by atoms with Crippen molar-refractivity contribution in [2.45, 2.75) is 13.0 Å². The van der Waals surface area contributed by atoms with Crippen LogP contribution in [0.15, 0.2) is 48.5 Å². The molecule has 0 aromatic heterocycles. The van der Waals surface area contributed by atoms with Gasteiger partial charge in [0.25, 0.3) is 5.91 Å². The Hall–Kier alpha value is -3.39. The molecule has 0 heterocycles. The number of ether oxygens (including phenoxy) is 2. The van der Waals surface area contributed by atoms with Gasteiger partial charge in [0.1, 0.15) is 5.75 Å². The highest BCUT2D eigenvalue weighted by Gasteiger charge is 2.17. The molecule has 0 aliphatic heterocycles. The molecule has 0 fully saturated rings. The van der Waals surface area contributed by atoms with Gasteiger partial charge in [0.05, 0.1) is 18.4 Å². The summed E-state index contributed by atoms with van der Waals surface area (Å²) in [4.78, 5) is 36.5. The Labute approximate surface area is 169 Å². The first-order valence-electron chi connectivity index (χ1n) is 9.13. The monoisotopic (exact) mass is 399 g/mol. The summed E-state index contributed by atoms with van der Waals surface area (Å²) in [7, 11) is 3.15. The van der Waals surface area contributed by atoms with E-state index in [1.165, 1.54) is 0 Å². The maximum absolute atomic E-state index is 12.6. The van der Waals surface area contributed by atoms with E-state index in [0.29, 0.717) is 26.1 Å². The van der Waals surface area contributed by atoms with Gasteiger partial charge in [-0.25, -0.2) is 0 Å². The zero-order chi connectivity index (χ0) is 21.1. The van der Waals surface area contributed by atoms with Gasteiger partial charge in [0.15, 0.2) is 0 Å². The zero-order valence-electron chi connectivity index (χ0n) is 16.5. The number of amides is 3. The van der Waals surface area contributed by atoms with Crippen LogP contribution >= 0.6 is 0 Å². The van der Waals surface area contributed by atoms with Gasteiger partial charge in [-0.05, 0) is 36.2 Å². The molecule has 2 rings (SSSR count). The minimum absolute atomic E-state index is 0.261. The summed E-state index contributed by atoms with van der Waals surface area (Å²) < 4.78 is 9.99. The first kappa shape index (κ1) is 21.9. The zero-order valence-corrected chi connectivity index (χ0v) is 16.5. The van der Waals surface area contributed by atoms with Crippen molar-refractivity contribution in [2.24, 2.45) is 0 Å². The van der Waals surface area contributed by atoms with E-state index in [9.17, 15) is 14.4 Å². The van der Waals surface area contributed by atoms with Gasteiger partial charge < -0.3 is 25.4 Å². The molecule has 0 atom stereocenters. The summed E-state index contributed by atoms with van der Waals surface area (Å²) >= 11 is 0. The number of rotatable bonds is 9. The normalized spacial score (nSPS) is 10.1. The first-order chi connectivity index (χ1) is 14.0. The van der Waals surface area contributed by atoms with Crippen LogP contribution in [-0.4, -0.2) is 45.1 Å². The number of carbonyl (C=O) groups is 3. The fraction of sp³-hybridized carbons (Fsp3) is 0.286. The van der Waals surface area contributed by atoms with E-state index in [2.05, 4.69) is 16.0 Å². The fourth-order valence-corrected chi connectivity index (χ4v) is 2.49. The minimum Gasteiger partial charge on any atom is -0.497 e. The number of hydrogen-bond donors (Lipinski definition) is 3. The summed E-state index contributed by atoms with van der Waals surface area (Å²) in [6, 6.07) is 13.8. The van der Waals surface area contributed by atoms with Gasteiger partial charge in [0, 0.05) is 26.8 Å². The van der Waals surface area contributed by atoms with E-state index >= 15 is 0 Å². The lowest BCUT2D eigenvalue weighted by Gasteiger charge is -2.12. The van der Waals surface area contributed by atoms with E-state index in [4.69, 9.17) is 9.47 Å². The Morgan fingerprint density at radius 2 is 1.62 bits per heavy atom. The largest absolute Gasteiger partial charge is 0.497 e. The quantitative estimate of drug-likeness (QED) is 0.440. The van der Waals surface area contributed by atoms with Crippen molar-refractivity contribution in [3.63, 3.8) is 0 Å². The van der Waals surface area contributed by atoms with Crippen molar-refractivity contribution in [1.82, 2.24) is 10.6 Å². The molecule has 0 aliphatic carbocycles. The average molecular weight is 399 g/mol. The van der Waals surface area contributed by atoms with Crippen molar-refractivity contribution in [3.05, 3.63) is 59.7 Å². The molecule has 3 N–H and O–H groups in total. The Morgan fingerprint density at radius 1 is 0.897 bits per heavy atom. The molecule has 0 aliphatic rings. The van der Waals surface area contributed by atoms with Crippen LogP contribution in [0, 0.1) is 0 Å². The summed E-state index contributed by atoms with van der Waals surface area (Å²) in [5.41, 5.74) is 1.43. The van der Waals surface area contributed by atoms with Crippen molar-refractivity contribution < 1.29 is 23.9 Å². The molecule has 2 aromatic rings. The van der Waals surface area contributed by atoms with E-state index in [1.54, 1.807) is 50.6 Å². The maximum Gasteiger partial charge on any atom is 0.313 e. The Kier molecular flexibility index (Phi) is 8.65. The van der Waals surface area contributed by atoms with E-state index in [0.717, 1.165) is 11.3 Å². The number of nitrogens with one attached hydrogen (secondary N) is 3. The van der Waals surface area contributed by atoms with Gasteiger partial charge in [0.2, 0.25) is 0 Å². The molecule has 0 bridgehead atoms. The van der Waals surface area contributed by atoms with Crippen LogP contribution in [0.3, 0.4) is 0 Å².